The van der Waals surface area contributed by atoms with Gasteiger partial charge in [0.2, 0.25) is 0 Å². The standard InChI is InChI=1S/C13H16F4N2O.ClH/c14-11-7-9(13(15,16)17)1-2-10(11)12(8-20)19-5-3-18-4-6-19;/h1-2,7,12,18,20H,3-6,8H2;1H/t12-;/m0./s1. The van der Waals surface area contributed by atoms with Crippen LogP contribution < -0.4 is 5.32 Å². The normalized spacial score (nSPS) is 18.1. The van der Waals surface area contributed by atoms with Gasteiger partial charge < -0.3 is 10.4 Å². The Labute approximate surface area is 126 Å². The van der Waals surface area contributed by atoms with E-state index in [0.717, 1.165) is 12.1 Å². The maximum Gasteiger partial charge on any atom is 0.416 e. The van der Waals surface area contributed by atoms with Crippen LogP contribution >= 0.6 is 12.4 Å². The molecule has 0 radical (unpaired) electrons. The monoisotopic (exact) mass is 328 g/mol. The fourth-order valence-electron chi connectivity index (χ4n) is 2.38. The quantitative estimate of drug-likeness (QED) is 0.835. The van der Waals surface area contributed by atoms with Gasteiger partial charge in [0, 0.05) is 31.7 Å². The highest BCUT2D eigenvalue weighted by Gasteiger charge is 2.32. The SMILES string of the molecule is Cl.OC[C@@H](c1ccc(C(F)(F)F)cc1F)N1CCNCC1. The minimum Gasteiger partial charge on any atom is -0.394 e. The number of aliphatic hydroxyl groups excluding tert-OH is 1. The number of nitrogens with zero attached hydrogens (tertiary/aromatic N) is 1. The van der Waals surface area contributed by atoms with E-state index in [1.165, 1.54) is 0 Å². The van der Waals surface area contributed by atoms with Crippen molar-refractivity contribution in [1.82, 2.24) is 10.2 Å². The van der Waals surface area contributed by atoms with Crippen molar-refractivity contribution >= 4 is 12.4 Å². The van der Waals surface area contributed by atoms with Crippen LogP contribution in [0.25, 0.3) is 0 Å². The van der Waals surface area contributed by atoms with Crippen molar-refractivity contribution < 1.29 is 22.7 Å². The Morgan fingerprint density at radius 1 is 1.24 bits per heavy atom. The molecule has 1 atom stereocenters. The molecule has 1 aromatic rings. The molecule has 21 heavy (non-hydrogen) atoms. The van der Waals surface area contributed by atoms with E-state index in [-0.39, 0.29) is 24.6 Å². The van der Waals surface area contributed by atoms with Gasteiger partial charge in [-0.25, -0.2) is 4.39 Å². The van der Waals surface area contributed by atoms with Crippen molar-refractivity contribution in [3.8, 4) is 0 Å². The molecule has 1 aliphatic rings. The lowest BCUT2D eigenvalue weighted by molar-refractivity contribution is -0.137. The summed E-state index contributed by atoms with van der Waals surface area (Å²) in [5.74, 6) is -0.933. The molecule has 3 nitrogen and oxygen atoms in total. The zero-order chi connectivity index (χ0) is 14.8. The summed E-state index contributed by atoms with van der Waals surface area (Å²) < 4.78 is 51.4. The average molecular weight is 329 g/mol. The molecule has 0 bridgehead atoms. The van der Waals surface area contributed by atoms with Gasteiger partial charge >= 0.3 is 6.18 Å². The van der Waals surface area contributed by atoms with E-state index in [9.17, 15) is 22.7 Å². The van der Waals surface area contributed by atoms with Gasteiger partial charge in [0.25, 0.3) is 0 Å². The van der Waals surface area contributed by atoms with Crippen LogP contribution in [0.5, 0.6) is 0 Å². The maximum absolute atomic E-state index is 13.9. The second kappa shape index (κ2) is 7.40. The summed E-state index contributed by atoms with van der Waals surface area (Å²) in [5, 5.41) is 12.6. The van der Waals surface area contributed by atoms with Crippen LogP contribution in [0.2, 0.25) is 0 Å². The van der Waals surface area contributed by atoms with Crippen molar-refractivity contribution in [2.75, 3.05) is 32.8 Å². The molecule has 1 fully saturated rings. The van der Waals surface area contributed by atoms with E-state index >= 15 is 0 Å². The molecule has 2 rings (SSSR count). The number of benzene rings is 1. The fourth-order valence-corrected chi connectivity index (χ4v) is 2.38. The third-order valence-electron chi connectivity index (χ3n) is 3.45. The summed E-state index contributed by atoms with van der Waals surface area (Å²) in [5.41, 5.74) is -0.918. The minimum absolute atomic E-state index is 0. The van der Waals surface area contributed by atoms with Gasteiger partial charge in [-0.15, -0.1) is 12.4 Å². The van der Waals surface area contributed by atoms with Crippen LogP contribution in [-0.2, 0) is 6.18 Å². The Morgan fingerprint density at radius 2 is 1.86 bits per heavy atom. The van der Waals surface area contributed by atoms with Gasteiger partial charge in [-0.05, 0) is 12.1 Å². The second-order valence-electron chi connectivity index (χ2n) is 4.72. The lowest BCUT2D eigenvalue weighted by Gasteiger charge is -2.34. The molecule has 0 amide bonds. The van der Waals surface area contributed by atoms with Crippen LogP contribution in [0.3, 0.4) is 0 Å². The average Bonchev–Trinajstić information content (AvgIpc) is 2.41. The van der Waals surface area contributed by atoms with E-state index in [2.05, 4.69) is 5.32 Å². The van der Waals surface area contributed by atoms with E-state index < -0.39 is 23.6 Å². The van der Waals surface area contributed by atoms with Crippen molar-refractivity contribution in [3.63, 3.8) is 0 Å². The van der Waals surface area contributed by atoms with Crippen molar-refractivity contribution in [2.24, 2.45) is 0 Å². The molecule has 120 valence electrons. The van der Waals surface area contributed by atoms with Gasteiger partial charge in [0.1, 0.15) is 5.82 Å². The van der Waals surface area contributed by atoms with E-state index in [1.54, 1.807) is 0 Å². The summed E-state index contributed by atoms with van der Waals surface area (Å²) in [4.78, 5) is 1.86. The topological polar surface area (TPSA) is 35.5 Å². The molecule has 0 spiro atoms. The third kappa shape index (κ3) is 4.29. The maximum atomic E-state index is 13.9. The van der Waals surface area contributed by atoms with Crippen LogP contribution in [0.4, 0.5) is 17.6 Å². The first kappa shape index (κ1) is 18.2. The minimum atomic E-state index is -4.57. The molecule has 0 saturated carbocycles. The van der Waals surface area contributed by atoms with Crippen LogP contribution in [0.15, 0.2) is 18.2 Å². The summed E-state index contributed by atoms with van der Waals surface area (Å²) in [6.07, 6.45) is -4.57. The van der Waals surface area contributed by atoms with Crippen LogP contribution in [-0.4, -0.2) is 42.8 Å². The molecular formula is C13H17ClF4N2O. The highest BCUT2D eigenvalue weighted by atomic mass is 35.5. The zero-order valence-electron chi connectivity index (χ0n) is 11.2. The summed E-state index contributed by atoms with van der Waals surface area (Å²) >= 11 is 0. The van der Waals surface area contributed by atoms with E-state index in [1.807, 2.05) is 4.90 Å². The summed E-state index contributed by atoms with van der Waals surface area (Å²) in [6.45, 7) is 2.32. The van der Waals surface area contributed by atoms with Crippen molar-refractivity contribution in [2.45, 2.75) is 12.2 Å². The van der Waals surface area contributed by atoms with E-state index in [4.69, 9.17) is 0 Å². The summed E-state index contributed by atoms with van der Waals surface area (Å²) in [7, 11) is 0. The molecule has 1 saturated heterocycles. The van der Waals surface area contributed by atoms with Gasteiger partial charge in [-0.1, -0.05) is 6.07 Å². The number of halogens is 5. The lowest BCUT2D eigenvalue weighted by atomic mass is 10.0. The number of nitrogens with one attached hydrogen (secondary N) is 1. The van der Waals surface area contributed by atoms with Gasteiger partial charge in [0.15, 0.2) is 0 Å². The van der Waals surface area contributed by atoms with Crippen LogP contribution in [0.1, 0.15) is 17.2 Å². The Bertz CT molecular complexity index is 464. The lowest BCUT2D eigenvalue weighted by Crippen LogP contribution is -2.46. The number of alkyl halides is 3. The Kier molecular flexibility index (Phi) is 6.40. The number of rotatable bonds is 3. The molecule has 0 unspecified atom stereocenters. The summed E-state index contributed by atoms with van der Waals surface area (Å²) in [6, 6.07) is 1.84. The Balaban J connectivity index is 0.00000220. The zero-order valence-corrected chi connectivity index (χ0v) is 12.0. The predicted molar refractivity (Wildman–Crippen MR) is 72.9 cm³/mol. The Hall–Kier alpha value is -0.890. The smallest absolute Gasteiger partial charge is 0.394 e. The number of hydrogen-bond donors (Lipinski definition) is 2. The first-order valence-electron chi connectivity index (χ1n) is 6.35. The van der Waals surface area contributed by atoms with E-state index in [0.29, 0.717) is 32.2 Å². The van der Waals surface area contributed by atoms with Crippen molar-refractivity contribution in [3.05, 3.63) is 35.1 Å². The molecule has 1 heterocycles. The highest BCUT2D eigenvalue weighted by molar-refractivity contribution is 5.85. The molecule has 1 aliphatic heterocycles. The number of piperazine rings is 1. The number of aliphatic hydroxyl groups is 1. The molecule has 2 N–H and O–H groups in total. The highest BCUT2D eigenvalue weighted by Crippen LogP contribution is 2.32. The van der Waals surface area contributed by atoms with Gasteiger partial charge in [0.05, 0.1) is 18.2 Å². The van der Waals surface area contributed by atoms with Gasteiger partial charge in [-0.3, -0.25) is 4.90 Å². The molecular weight excluding hydrogens is 312 g/mol. The van der Waals surface area contributed by atoms with Crippen molar-refractivity contribution in [1.29, 1.82) is 0 Å². The fraction of sp³-hybridized carbons (Fsp3) is 0.538. The Morgan fingerprint density at radius 3 is 2.33 bits per heavy atom. The predicted octanol–water partition coefficient (Wildman–Crippen LogP) is 2.20. The largest absolute Gasteiger partial charge is 0.416 e. The molecule has 8 heteroatoms. The first-order chi connectivity index (χ1) is 9.43. The third-order valence-corrected chi connectivity index (χ3v) is 3.45. The first-order valence-corrected chi connectivity index (χ1v) is 6.35. The molecule has 0 aliphatic carbocycles. The molecule has 1 aromatic carbocycles. The number of hydrogen-bond acceptors (Lipinski definition) is 3. The van der Waals surface area contributed by atoms with Crippen LogP contribution in [0, 0.1) is 5.82 Å². The molecule has 0 aromatic heterocycles. The second-order valence-corrected chi connectivity index (χ2v) is 4.72. The van der Waals surface area contributed by atoms with Gasteiger partial charge in [-0.2, -0.15) is 13.2 Å².